The molecule has 98 valence electrons. The van der Waals surface area contributed by atoms with Crippen LogP contribution in [-0.4, -0.2) is 15.6 Å². The van der Waals surface area contributed by atoms with Crippen LogP contribution >= 0.6 is 0 Å². The van der Waals surface area contributed by atoms with Gasteiger partial charge in [0.2, 0.25) is 0 Å². The molecule has 1 N–H and O–H groups in total. The summed E-state index contributed by atoms with van der Waals surface area (Å²) in [6, 6.07) is 1.49. The lowest BCUT2D eigenvalue weighted by Crippen LogP contribution is -2.22. The number of hydrogen-bond donors (Lipinski definition) is 1. The first-order valence-electron chi connectivity index (χ1n) is 4.88. The van der Waals surface area contributed by atoms with E-state index in [1.165, 1.54) is 6.92 Å². The van der Waals surface area contributed by atoms with Gasteiger partial charge in [-0.3, -0.25) is 4.79 Å². The average Bonchev–Trinajstić information content (AvgIpc) is 2.18. The maximum absolute atomic E-state index is 12.4. The number of hydrogen-bond acceptors (Lipinski definition) is 2. The van der Waals surface area contributed by atoms with Crippen molar-refractivity contribution in [2.24, 2.45) is 0 Å². The van der Waals surface area contributed by atoms with Crippen molar-refractivity contribution in [3.05, 3.63) is 45.9 Å². The van der Waals surface area contributed by atoms with Crippen molar-refractivity contribution >= 4 is 5.97 Å². The Morgan fingerprint density at radius 2 is 2.06 bits per heavy atom. The number of carbonyl (C=O) groups is 1. The number of aliphatic carboxylic acids is 1. The van der Waals surface area contributed by atoms with Gasteiger partial charge in [-0.2, -0.15) is 13.2 Å². The maximum Gasteiger partial charge on any atom is 0.417 e. The largest absolute Gasteiger partial charge is 0.478 e. The average molecular weight is 261 g/mol. The number of nitrogens with zero attached hydrogens (tertiary/aromatic N) is 1. The van der Waals surface area contributed by atoms with Crippen molar-refractivity contribution in [2.45, 2.75) is 19.6 Å². The van der Waals surface area contributed by atoms with Gasteiger partial charge in [-0.25, -0.2) is 4.79 Å². The number of aromatic nitrogens is 1. The van der Waals surface area contributed by atoms with E-state index in [2.05, 4.69) is 0 Å². The molecule has 0 spiro atoms. The van der Waals surface area contributed by atoms with Crippen molar-refractivity contribution in [3.63, 3.8) is 0 Å². The van der Waals surface area contributed by atoms with Crippen LogP contribution in [0.3, 0.4) is 0 Å². The maximum atomic E-state index is 12.4. The fourth-order valence-electron chi connectivity index (χ4n) is 1.35. The van der Waals surface area contributed by atoms with E-state index in [0.29, 0.717) is 12.3 Å². The quantitative estimate of drug-likeness (QED) is 0.845. The molecule has 7 heteroatoms. The Hall–Kier alpha value is -2.05. The summed E-state index contributed by atoms with van der Waals surface area (Å²) in [6.07, 6.45) is -3.03. The van der Waals surface area contributed by atoms with Crippen molar-refractivity contribution in [1.29, 1.82) is 0 Å². The summed E-state index contributed by atoms with van der Waals surface area (Å²) in [5.74, 6) is -1.22. The van der Waals surface area contributed by atoms with Crippen LogP contribution in [0.15, 0.2) is 34.8 Å². The monoisotopic (exact) mass is 261 g/mol. The van der Waals surface area contributed by atoms with Gasteiger partial charge >= 0.3 is 12.1 Å². The van der Waals surface area contributed by atoms with E-state index in [-0.39, 0.29) is 12.1 Å². The third kappa shape index (κ3) is 3.76. The number of pyridine rings is 1. The molecule has 0 aliphatic carbocycles. The van der Waals surface area contributed by atoms with Crippen molar-refractivity contribution in [3.8, 4) is 0 Å². The minimum absolute atomic E-state index is 0.199. The molecular weight excluding hydrogens is 251 g/mol. The summed E-state index contributed by atoms with van der Waals surface area (Å²) in [7, 11) is 0. The number of carboxylic acids is 1. The van der Waals surface area contributed by atoms with Crippen LogP contribution in [0.4, 0.5) is 13.2 Å². The first-order valence-corrected chi connectivity index (χ1v) is 4.88. The molecule has 0 radical (unpaired) electrons. The van der Waals surface area contributed by atoms with Gasteiger partial charge in [-0.05, 0) is 18.6 Å². The Balaban J connectivity index is 3.10. The SMILES string of the molecule is C/C(=C\C(=O)O)Cn1cc(C(F)(F)F)ccc1=O. The van der Waals surface area contributed by atoms with Crippen molar-refractivity contribution in [2.75, 3.05) is 0 Å². The minimum Gasteiger partial charge on any atom is -0.478 e. The van der Waals surface area contributed by atoms with Crippen LogP contribution in [0.25, 0.3) is 0 Å². The van der Waals surface area contributed by atoms with Gasteiger partial charge in [0.05, 0.1) is 5.56 Å². The zero-order valence-corrected chi connectivity index (χ0v) is 9.36. The molecule has 0 atom stereocenters. The number of rotatable bonds is 3. The molecule has 0 aliphatic rings. The van der Waals surface area contributed by atoms with Crippen LogP contribution < -0.4 is 5.56 Å². The van der Waals surface area contributed by atoms with Gasteiger partial charge in [0.25, 0.3) is 5.56 Å². The van der Waals surface area contributed by atoms with Crippen molar-refractivity contribution < 1.29 is 23.1 Å². The molecule has 1 aromatic rings. The third-order valence-electron chi connectivity index (χ3n) is 2.10. The number of halogens is 3. The zero-order valence-electron chi connectivity index (χ0n) is 9.36. The van der Waals surface area contributed by atoms with Gasteiger partial charge in [0, 0.05) is 24.9 Å². The molecule has 0 aromatic carbocycles. The number of allylic oxidation sites excluding steroid dienone is 1. The topological polar surface area (TPSA) is 59.3 Å². The molecule has 0 aliphatic heterocycles. The lowest BCUT2D eigenvalue weighted by Gasteiger charge is -2.10. The second-order valence-corrected chi connectivity index (χ2v) is 3.71. The summed E-state index contributed by atoms with van der Waals surface area (Å²) in [4.78, 5) is 21.7. The predicted molar refractivity (Wildman–Crippen MR) is 57.1 cm³/mol. The van der Waals surface area contributed by atoms with Gasteiger partial charge in [-0.1, -0.05) is 0 Å². The van der Waals surface area contributed by atoms with E-state index in [0.717, 1.165) is 16.7 Å². The second kappa shape index (κ2) is 5.07. The van der Waals surface area contributed by atoms with Crippen LogP contribution in [0.1, 0.15) is 12.5 Å². The van der Waals surface area contributed by atoms with Crippen LogP contribution in [0.2, 0.25) is 0 Å². The first kappa shape index (κ1) is 14.0. The minimum atomic E-state index is -4.54. The fourth-order valence-corrected chi connectivity index (χ4v) is 1.35. The van der Waals surface area contributed by atoms with E-state index in [9.17, 15) is 22.8 Å². The van der Waals surface area contributed by atoms with Gasteiger partial charge < -0.3 is 9.67 Å². The van der Waals surface area contributed by atoms with E-state index in [1.807, 2.05) is 0 Å². The molecule has 0 amide bonds. The molecule has 0 saturated heterocycles. The van der Waals surface area contributed by atoms with E-state index >= 15 is 0 Å². The predicted octanol–water partition coefficient (Wildman–Crippen LogP) is 1.90. The number of carboxylic acid groups (broad SMARTS) is 1. The summed E-state index contributed by atoms with van der Waals surface area (Å²) in [5, 5.41) is 8.47. The third-order valence-corrected chi connectivity index (χ3v) is 2.10. The lowest BCUT2D eigenvalue weighted by molar-refractivity contribution is -0.138. The highest BCUT2D eigenvalue weighted by atomic mass is 19.4. The van der Waals surface area contributed by atoms with E-state index < -0.39 is 23.3 Å². The van der Waals surface area contributed by atoms with Crippen LogP contribution in [-0.2, 0) is 17.5 Å². The molecule has 0 fully saturated rings. The standard InChI is InChI=1S/C11H10F3NO3/c1-7(4-10(17)18)5-15-6-8(11(12,13)14)2-3-9(15)16/h2-4,6H,5H2,1H3,(H,17,18)/b7-4+. The molecular formula is C11H10F3NO3. The molecule has 0 saturated carbocycles. The van der Waals surface area contributed by atoms with Crippen LogP contribution in [0.5, 0.6) is 0 Å². The second-order valence-electron chi connectivity index (χ2n) is 3.71. The number of alkyl halides is 3. The molecule has 1 rings (SSSR count). The highest BCUT2D eigenvalue weighted by molar-refractivity contribution is 5.80. The Morgan fingerprint density at radius 3 is 2.56 bits per heavy atom. The smallest absolute Gasteiger partial charge is 0.417 e. The van der Waals surface area contributed by atoms with Gasteiger partial charge in [-0.15, -0.1) is 0 Å². The fraction of sp³-hybridized carbons (Fsp3) is 0.273. The zero-order chi connectivity index (χ0) is 13.9. The summed E-state index contributed by atoms with van der Waals surface area (Å²) in [5.41, 5.74) is -1.31. The van der Waals surface area contributed by atoms with Gasteiger partial charge in [0.1, 0.15) is 0 Å². The Morgan fingerprint density at radius 1 is 1.44 bits per heavy atom. The lowest BCUT2D eigenvalue weighted by atomic mass is 10.2. The first-order chi connectivity index (χ1) is 8.20. The molecule has 1 aromatic heterocycles. The summed E-state index contributed by atoms with van der Waals surface area (Å²) < 4.78 is 38.1. The molecule has 0 unspecified atom stereocenters. The van der Waals surface area contributed by atoms with Gasteiger partial charge in [0.15, 0.2) is 0 Å². The molecule has 4 nitrogen and oxygen atoms in total. The van der Waals surface area contributed by atoms with E-state index in [1.54, 1.807) is 0 Å². The highest BCUT2D eigenvalue weighted by Crippen LogP contribution is 2.28. The van der Waals surface area contributed by atoms with Crippen LogP contribution in [0, 0.1) is 0 Å². The highest BCUT2D eigenvalue weighted by Gasteiger charge is 2.30. The molecule has 1 heterocycles. The molecule has 0 bridgehead atoms. The Bertz CT molecular complexity index is 543. The Labute approximate surface area is 100.0 Å². The summed E-state index contributed by atoms with van der Waals surface area (Å²) >= 11 is 0. The molecule has 18 heavy (non-hydrogen) atoms. The summed E-state index contributed by atoms with van der Waals surface area (Å²) in [6.45, 7) is 1.22. The normalized spacial score (nSPS) is 12.6. The van der Waals surface area contributed by atoms with E-state index in [4.69, 9.17) is 5.11 Å². The Kier molecular flexibility index (Phi) is 3.95. The van der Waals surface area contributed by atoms with Crippen molar-refractivity contribution in [1.82, 2.24) is 4.57 Å².